The Balaban J connectivity index is 1.20. The number of carbonyl (C=O) groups is 1. The van der Waals surface area contributed by atoms with Crippen LogP contribution in [0.25, 0.3) is 0 Å². The number of benzene rings is 3. The van der Waals surface area contributed by atoms with Gasteiger partial charge in [0.25, 0.3) is 0 Å². The molecular weight excluding hydrogens is 607 g/mol. The van der Waals surface area contributed by atoms with E-state index in [1.165, 1.54) is 50.3 Å². The van der Waals surface area contributed by atoms with Gasteiger partial charge in [-0.25, -0.2) is 0 Å². The smallest absolute Gasteiger partial charge is 0.323 e. The van der Waals surface area contributed by atoms with Crippen molar-refractivity contribution < 1.29 is 19.0 Å². The molecule has 0 aromatic heterocycles. The molecule has 2 heterocycles. The fraction of sp³-hybridized carbons (Fsp3) is 0.486. The lowest BCUT2D eigenvalue weighted by atomic mass is 9.86. The molecule has 2 aliphatic heterocycles. The third-order valence-corrected chi connectivity index (χ3v) is 10.4. The average Bonchev–Trinajstić information content (AvgIpc) is 3.21. The molecule has 0 unspecified atom stereocenters. The van der Waals surface area contributed by atoms with Crippen molar-refractivity contribution in [3.05, 3.63) is 92.5 Å². The maximum absolute atomic E-state index is 12.9. The standard InChI is InChI=1S/C37H44Cl2N2O4/c1-4-34(26-12-15-31(38)32(39)17-26)44-30-13-10-25(11-14-30)36-23-40(2)21-29-16-27-18-33(37(42)43-3)41(20-24-8-6-5-7-9-24)22-28(27)19-35(29)45-36/h10-17,19,24,33-34,36H,4-9,18,20-23H2,1-3H3/t33-,34+,36+/m0/s1. The number of carbonyl (C=O) groups excluding carboxylic acids is 1. The summed E-state index contributed by atoms with van der Waals surface area (Å²) in [6.45, 7) is 5.33. The third kappa shape index (κ3) is 7.46. The second-order valence-corrected chi connectivity index (χ2v) is 13.8. The van der Waals surface area contributed by atoms with Crippen LogP contribution in [-0.2, 0) is 29.0 Å². The fourth-order valence-corrected chi connectivity index (χ4v) is 7.55. The largest absolute Gasteiger partial charge is 0.486 e. The monoisotopic (exact) mass is 650 g/mol. The van der Waals surface area contributed by atoms with Crippen LogP contribution in [0, 0.1) is 5.92 Å². The van der Waals surface area contributed by atoms with E-state index in [0.717, 1.165) is 60.8 Å². The molecule has 1 fully saturated rings. The minimum absolute atomic E-state index is 0.120. The van der Waals surface area contributed by atoms with Gasteiger partial charge in [-0.15, -0.1) is 0 Å². The van der Waals surface area contributed by atoms with Crippen molar-refractivity contribution in [2.24, 2.45) is 5.92 Å². The highest BCUT2D eigenvalue weighted by atomic mass is 35.5. The molecule has 240 valence electrons. The summed E-state index contributed by atoms with van der Waals surface area (Å²) < 4.78 is 18.4. The summed E-state index contributed by atoms with van der Waals surface area (Å²) in [5, 5.41) is 1.07. The molecule has 6 nitrogen and oxygen atoms in total. The highest BCUT2D eigenvalue weighted by molar-refractivity contribution is 6.42. The molecule has 45 heavy (non-hydrogen) atoms. The van der Waals surface area contributed by atoms with E-state index in [1.54, 1.807) is 0 Å². The Labute approximate surface area is 277 Å². The molecule has 1 aliphatic carbocycles. The Morgan fingerprint density at radius 2 is 1.73 bits per heavy atom. The first-order valence-corrected chi connectivity index (χ1v) is 17.1. The summed E-state index contributed by atoms with van der Waals surface area (Å²) >= 11 is 12.4. The fourth-order valence-electron chi connectivity index (χ4n) is 7.24. The molecule has 3 aromatic carbocycles. The van der Waals surface area contributed by atoms with Crippen LogP contribution in [0.4, 0.5) is 0 Å². The summed E-state index contributed by atoms with van der Waals surface area (Å²) in [5.74, 6) is 2.25. The average molecular weight is 652 g/mol. The zero-order chi connectivity index (χ0) is 31.5. The second kappa shape index (κ2) is 14.3. The van der Waals surface area contributed by atoms with Crippen molar-refractivity contribution in [1.29, 1.82) is 0 Å². The van der Waals surface area contributed by atoms with Crippen LogP contribution in [0.2, 0.25) is 10.0 Å². The van der Waals surface area contributed by atoms with E-state index in [-0.39, 0.29) is 24.2 Å². The van der Waals surface area contributed by atoms with Crippen molar-refractivity contribution in [3.8, 4) is 11.5 Å². The van der Waals surface area contributed by atoms with Crippen LogP contribution >= 0.6 is 23.2 Å². The van der Waals surface area contributed by atoms with Gasteiger partial charge in [0, 0.05) is 31.7 Å². The van der Waals surface area contributed by atoms with Gasteiger partial charge in [-0.2, -0.15) is 0 Å². The molecule has 0 bridgehead atoms. The number of methoxy groups -OCH3 is 1. The number of hydrogen-bond donors (Lipinski definition) is 0. The normalized spacial score (nSPS) is 21.6. The Kier molecular flexibility index (Phi) is 10.3. The molecule has 3 aromatic rings. The van der Waals surface area contributed by atoms with Gasteiger partial charge in [0.15, 0.2) is 0 Å². The predicted octanol–water partition coefficient (Wildman–Crippen LogP) is 8.57. The lowest BCUT2D eigenvalue weighted by Crippen LogP contribution is -2.48. The molecule has 3 aliphatic rings. The summed E-state index contributed by atoms with van der Waals surface area (Å²) in [6, 6.07) is 18.2. The van der Waals surface area contributed by atoms with Crippen LogP contribution in [0.1, 0.15) is 85.5 Å². The van der Waals surface area contributed by atoms with Crippen LogP contribution in [0.15, 0.2) is 54.6 Å². The third-order valence-electron chi connectivity index (χ3n) is 9.70. The summed E-state index contributed by atoms with van der Waals surface area (Å²) in [5.41, 5.74) is 5.75. The molecule has 0 N–H and O–H groups in total. The van der Waals surface area contributed by atoms with Crippen LogP contribution < -0.4 is 9.47 Å². The van der Waals surface area contributed by atoms with Crippen LogP contribution in [0.3, 0.4) is 0 Å². The van der Waals surface area contributed by atoms with Crippen molar-refractivity contribution in [2.75, 3.05) is 27.2 Å². The maximum Gasteiger partial charge on any atom is 0.323 e. The van der Waals surface area contributed by atoms with Crippen LogP contribution in [-0.4, -0.2) is 49.1 Å². The van der Waals surface area contributed by atoms with Gasteiger partial charge in [-0.05, 0) is 91.2 Å². The van der Waals surface area contributed by atoms with Crippen molar-refractivity contribution in [1.82, 2.24) is 9.80 Å². The number of hydrogen-bond acceptors (Lipinski definition) is 6. The van der Waals surface area contributed by atoms with Gasteiger partial charge in [-0.1, -0.05) is 73.7 Å². The number of fused-ring (bicyclic) bond motifs is 2. The zero-order valence-corrected chi connectivity index (χ0v) is 28.1. The molecule has 1 saturated carbocycles. The Morgan fingerprint density at radius 3 is 2.44 bits per heavy atom. The van der Waals surface area contributed by atoms with E-state index < -0.39 is 0 Å². The quantitative estimate of drug-likeness (QED) is 0.228. The van der Waals surface area contributed by atoms with Crippen molar-refractivity contribution in [3.63, 3.8) is 0 Å². The Morgan fingerprint density at radius 1 is 0.956 bits per heavy atom. The second-order valence-electron chi connectivity index (χ2n) is 13.0. The minimum Gasteiger partial charge on any atom is -0.486 e. The van der Waals surface area contributed by atoms with E-state index in [1.807, 2.05) is 30.3 Å². The first-order chi connectivity index (χ1) is 21.8. The SMILES string of the molecule is CC[C@@H](Oc1ccc([C@H]2CN(C)Cc3cc4c(cc3O2)CN(CC2CCCCC2)[C@H](C(=O)OC)C4)cc1)c1ccc(Cl)c(Cl)c1. The lowest BCUT2D eigenvalue weighted by molar-refractivity contribution is -0.148. The summed E-state index contributed by atoms with van der Waals surface area (Å²) in [4.78, 5) is 17.6. The summed E-state index contributed by atoms with van der Waals surface area (Å²) in [6.07, 6.45) is 7.63. The van der Waals surface area contributed by atoms with Crippen LogP contribution in [0.5, 0.6) is 11.5 Å². The zero-order valence-electron chi connectivity index (χ0n) is 26.6. The van der Waals surface area contributed by atoms with Gasteiger partial charge < -0.3 is 14.2 Å². The van der Waals surface area contributed by atoms with Crippen molar-refractivity contribution >= 4 is 29.2 Å². The number of halogens is 2. The van der Waals surface area contributed by atoms with Gasteiger partial charge in [0.05, 0.1) is 17.2 Å². The lowest BCUT2D eigenvalue weighted by Gasteiger charge is -2.38. The topological polar surface area (TPSA) is 51.2 Å². The van der Waals surface area contributed by atoms with E-state index in [9.17, 15) is 4.79 Å². The maximum atomic E-state index is 12.9. The number of likely N-dealkylation sites (N-methyl/N-ethyl adjacent to an activating group) is 1. The highest BCUT2D eigenvalue weighted by Gasteiger charge is 2.35. The first-order valence-electron chi connectivity index (χ1n) is 16.3. The molecule has 3 atom stereocenters. The Hall–Kier alpha value is -2.77. The van der Waals surface area contributed by atoms with Gasteiger partial charge in [0.2, 0.25) is 0 Å². The molecule has 0 radical (unpaired) electrons. The molecule has 0 spiro atoms. The first kappa shape index (κ1) is 32.2. The van der Waals surface area contributed by atoms with Crippen molar-refractivity contribution in [2.45, 2.75) is 83.2 Å². The highest BCUT2D eigenvalue weighted by Crippen LogP contribution is 2.38. The predicted molar refractivity (Wildman–Crippen MR) is 179 cm³/mol. The molecule has 6 rings (SSSR count). The van der Waals surface area contributed by atoms with Gasteiger partial charge >= 0.3 is 5.97 Å². The molecule has 8 heteroatoms. The van der Waals surface area contributed by atoms with Gasteiger partial charge in [-0.3, -0.25) is 14.6 Å². The van der Waals surface area contributed by atoms with E-state index >= 15 is 0 Å². The van der Waals surface area contributed by atoms with E-state index in [0.29, 0.717) is 22.4 Å². The molecule has 0 amide bonds. The van der Waals surface area contributed by atoms with Gasteiger partial charge in [0.1, 0.15) is 29.7 Å². The number of rotatable bonds is 8. The number of nitrogens with zero attached hydrogens (tertiary/aromatic N) is 2. The Bertz CT molecular complexity index is 1490. The molecule has 0 saturated heterocycles. The summed E-state index contributed by atoms with van der Waals surface area (Å²) in [7, 11) is 3.64. The minimum atomic E-state index is -0.232. The molecular formula is C37H44Cl2N2O4. The number of ether oxygens (including phenoxy) is 3. The van der Waals surface area contributed by atoms with E-state index in [4.69, 9.17) is 37.4 Å². The van der Waals surface area contributed by atoms with E-state index in [2.05, 4.69) is 48.0 Å². The number of esters is 1.